The van der Waals surface area contributed by atoms with E-state index in [9.17, 15) is 4.79 Å². The number of urea groups is 1. The number of carbonyl (C=O) groups excluding carboxylic acids is 1. The molecule has 2 amide bonds. The van der Waals surface area contributed by atoms with E-state index in [0.29, 0.717) is 12.5 Å². The Kier molecular flexibility index (Phi) is 4.44. The van der Waals surface area contributed by atoms with Crippen LogP contribution in [0.5, 0.6) is 0 Å². The lowest BCUT2D eigenvalue weighted by molar-refractivity contribution is 0.148. The summed E-state index contributed by atoms with van der Waals surface area (Å²) in [6.45, 7) is 2.21. The van der Waals surface area contributed by atoms with Gasteiger partial charge in [0.2, 0.25) is 0 Å². The fourth-order valence-corrected chi connectivity index (χ4v) is 3.09. The van der Waals surface area contributed by atoms with Crippen LogP contribution >= 0.6 is 0 Å². The SMILES string of the molecule is COC[C@@H](NC(=O)N1CCc2ccccc2CC1)C1CC1. The third kappa shape index (κ3) is 3.56. The van der Waals surface area contributed by atoms with E-state index in [0.717, 1.165) is 25.9 Å². The molecule has 1 heterocycles. The molecule has 0 spiro atoms. The van der Waals surface area contributed by atoms with Crippen LogP contribution in [0.1, 0.15) is 24.0 Å². The molecular formula is C17H24N2O2. The molecule has 0 bridgehead atoms. The summed E-state index contributed by atoms with van der Waals surface area (Å²) >= 11 is 0. The molecule has 1 atom stereocenters. The molecule has 21 heavy (non-hydrogen) atoms. The van der Waals surface area contributed by atoms with Crippen molar-refractivity contribution in [1.82, 2.24) is 10.2 Å². The Balaban J connectivity index is 1.58. The predicted molar refractivity (Wildman–Crippen MR) is 82.3 cm³/mol. The minimum absolute atomic E-state index is 0.0664. The zero-order chi connectivity index (χ0) is 14.7. The van der Waals surface area contributed by atoms with Crippen molar-refractivity contribution in [3.05, 3.63) is 35.4 Å². The summed E-state index contributed by atoms with van der Waals surface area (Å²) in [5.41, 5.74) is 2.76. The quantitative estimate of drug-likeness (QED) is 0.923. The van der Waals surface area contributed by atoms with Gasteiger partial charge in [-0.05, 0) is 42.7 Å². The number of fused-ring (bicyclic) bond motifs is 1. The summed E-state index contributed by atoms with van der Waals surface area (Å²) in [6, 6.07) is 8.75. The number of carbonyl (C=O) groups is 1. The molecule has 1 aliphatic heterocycles. The van der Waals surface area contributed by atoms with Crippen LogP contribution < -0.4 is 5.32 Å². The molecule has 4 nitrogen and oxygen atoms in total. The molecule has 0 aromatic heterocycles. The standard InChI is InChI=1S/C17H24N2O2/c1-21-12-16(15-6-7-15)18-17(20)19-10-8-13-4-2-3-5-14(13)9-11-19/h2-5,15-16H,6-12H2,1H3,(H,18,20)/t16-/m1/s1. The highest BCUT2D eigenvalue weighted by atomic mass is 16.5. The maximum absolute atomic E-state index is 12.5. The number of amides is 2. The molecule has 2 aliphatic rings. The van der Waals surface area contributed by atoms with Crippen molar-refractivity contribution >= 4 is 6.03 Å². The average molecular weight is 288 g/mol. The first-order valence-electron chi connectivity index (χ1n) is 7.89. The number of rotatable bonds is 4. The van der Waals surface area contributed by atoms with Gasteiger partial charge >= 0.3 is 6.03 Å². The predicted octanol–water partition coefficient (Wildman–Crippen LogP) is 2.22. The zero-order valence-electron chi connectivity index (χ0n) is 12.7. The molecule has 1 aromatic carbocycles. The number of nitrogens with zero attached hydrogens (tertiary/aromatic N) is 1. The molecule has 114 valence electrons. The van der Waals surface area contributed by atoms with Crippen molar-refractivity contribution in [2.45, 2.75) is 31.7 Å². The van der Waals surface area contributed by atoms with Crippen molar-refractivity contribution in [2.24, 2.45) is 5.92 Å². The van der Waals surface area contributed by atoms with Crippen LogP contribution in [0, 0.1) is 5.92 Å². The van der Waals surface area contributed by atoms with Gasteiger partial charge < -0.3 is 15.0 Å². The molecule has 0 unspecified atom stereocenters. The smallest absolute Gasteiger partial charge is 0.317 e. The highest BCUT2D eigenvalue weighted by Gasteiger charge is 2.33. The van der Waals surface area contributed by atoms with Gasteiger partial charge in [-0.3, -0.25) is 0 Å². The van der Waals surface area contributed by atoms with Gasteiger partial charge in [-0.2, -0.15) is 0 Å². The van der Waals surface area contributed by atoms with Crippen molar-refractivity contribution in [2.75, 3.05) is 26.8 Å². The molecule has 0 radical (unpaired) electrons. The number of hydrogen-bond donors (Lipinski definition) is 1. The minimum Gasteiger partial charge on any atom is -0.383 e. The van der Waals surface area contributed by atoms with E-state index >= 15 is 0 Å². The van der Waals surface area contributed by atoms with Gasteiger partial charge in [0.05, 0.1) is 12.6 Å². The van der Waals surface area contributed by atoms with E-state index in [2.05, 4.69) is 29.6 Å². The Bertz CT molecular complexity index is 472. The third-order valence-electron chi connectivity index (χ3n) is 4.55. The maximum atomic E-state index is 12.5. The highest BCUT2D eigenvalue weighted by Crippen LogP contribution is 2.32. The molecular weight excluding hydrogens is 264 g/mol. The number of hydrogen-bond acceptors (Lipinski definition) is 2. The second-order valence-electron chi connectivity index (χ2n) is 6.10. The first-order chi connectivity index (χ1) is 10.3. The van der Waals surface area contributed by atoms with Crippen LogP contribution in [0.15, 0.2) is 24.3 Å². The lowest BCUT2D eigenvalue weighted by Crippen LogP contribution is -2.48. The summed E-state index contributed by atoms with van der Waals surface area (Å²) in [5.74, 6) is 0.609. The molecule has 3 rings (SSSR count). The zero-order valence-corrected chi connectivity index (χ0v) is 12.7. The second-order valence-corrected chi connectivity index (χ2v) is 6.10. The van der Waals surface area contributed by atoms with E-state index in [1.165, 1.54) is 24.0 Å². The molecule has 1 fully saturated rings. The van der Waals surface area contributed by atoms with E-state index in [4.69, 9.17) is 4.74 Å². The van der Waals surface area contributed by atoms with Gasteiger partial charge in [0.25, 0.3) is 0 Å². The molecule has 1 aliphatic carbocycles. The first-order valence-corrected chi connectivity index (χ1v) is 7.89. The van der Waals surface area contributed by atoms with Gasteiger partial charge in [0.15, 0.2) is 0 Å². The lowest BCUT2D eigenvalue weighted by atomic mass is 10.0. The third-order valence-corrected chi connectivity index (χ3v) is 4.55. The van der Waals surface area contributed by atoms with E-state index in [1.807, 2.05) is 4.90 Å². The average Bonchev–Trinajstić information content (AvgIpc) is 3.33. The van der Waals surface area contributed by atoms with Gasteiger partial charge in [-0.25, -0.2) is 4.79 Å². The molecule has 1 saturated carbocycles. The van der Waals surface area contributed by atoms with E-state index in [-0.39, 0.29) is 12.1 Å². The fourth-order valence-electron chi connectivity index (χ4n) is 3.09. The summed E-state index contributed by atoms with van der Waals surface area (Å²) < 4.78 is 5.24. The highest BCUT2D eigenvalue weighted by molar-refractivity contribution is 5.74. The fraction of sp³-hybridized carbons (Fsp3) is 0.588. The maximum Gasteiger partial charge on any atom is 0.317 e. The number of ether oxygens (including phenoxy) is 1. The number of methoxy groups -OCH3 is 1. The number of benzene rings is 1. The summed E-state index contributed by atoms with van der Waals surface area (Å²) in [5, 5.41) is 3.17. The largest absolute Gasteiger partial charge is 0.383 e. The topological polar surface area (TPSA) is 41.6 Å². The van der Waals surface area contributed by atoms with Crippen molar-refractivity contribution in [3.63, 3.8) is 0 Å². The normalized spacial score (nSPS) is 19.6. The Morgan fingerprint density at radius 1 is 1.29 bits per heavy atom. The van der Waals surface area contributed by atoms with Crippen molar-refractivity contribution < 1.29 is 9.53 Å². The molecule has 1 N–H and O–H groups in total. The van der Waals surface area contributed by atoms with Crippen LogP contribution in [-0.2, 0) is 17.6 Å². The van der Waals surface area contributed by atoms with E-state index < -0.39 is 0 Å². The molecule has 0 saturated heterocycles. The Morgan fingerprint density at radius 3 is 2.43 bits per heavy atom. The Morgan fingerprint density at radius 2 is 1.90 bits per heavy atom. The van der Waals surface area contributed by atoms with E-state index in [1.54, 1.807) is 7.11 Å². The minimum atomic E-state index is 0.0664. The Hall–Kier alpha value is -1.55. The van der Waals surface area contributed by atoms with Gasteiger partial charge in [0, 0.05) is 20.2 Å². The second kappa shape index (κ2) is 6.48. The van der Waals surface area contributed by atoms with Crippen LogP contribution in [0.2, 0.25) is 0 Å². The van der Waals surface area contributed by atoms with Crippen molar-refractivity contribution in [1.29, 1.82) is 0 Å². The van der Waals surface area contributed by atoms with Gasteiger partial charge in [-0.15, -0.1) is 0 Å². The molecule has 4 heteroatoms. The van der Waals surface area contributed by atoms with Crippen LogP contribution in [-0.4, -0.2) is 43.8 Å². The van der Waals surface area contributed by atoms with Crippen LogP contribution in [0.3, 0.4) is 0 Å². The van der Waals surface area contributed by atoms with Crippen LogP contribution in [0.25, 0.3) is 0 Å². The first kappa shape index (κ1) is 14.4. The summed E-state index contributed by atoms with van der Waals surface area (Å²) in [6.07, 6.45) is 4.31. The van der Waals surface area contributed by atoms with Crippen LogP contribution in [0.4, 0.5) is 4.79 Å². The summed E-state index contributed by atoms with van der Waals surface area (Å²) in [7, 11) is 1.70. The van der Waals surface area contributed by atoms with Gasteiger partial charge in [-0.1, -0.05) is 24.3 Å². The van der Waals surface area contributed by atoms with Gasteiger partial charge in [0.1, 0.15) is 0 Å². The summed E-state index contributed by atoms with van der Waals surface area (Å²) in [4.78, 5) is 14.4. The lowest BCUT2D eigenvalue weighted by Gasteiger charge is -2.25. The van der Waals surface area contributed by atoms with Crippen molar-refractivity contribution in [3.8, 4) is 0 Å². The Labute approximate surface area is 126 Å². The monoisotopic (exact) mass is 288 g/mol. The molecule has 1 aromatic rings. The number of nitrogens with one attached hydrogen (secondary N) is 1.